The summed E-state index contributed by atoms with van der Waals surface area (Å²) in [5.74, 6) is 1.24. The number of piperazine rings is 4. The number of likely N-dealkylation sites (N-methyl/N-ethyl adjacent to an activating group) is 4. The fourth-order valence-electron chi connectivity index (χ4n) is 13.0. The predicted molar refractivity (Wildman–Crippen MR) is 363 cm³/mol. The summed E-state index contributed by atoms with van der Waals surface area (Å²) in [5, 5.41) is 20.6. The first-order valence-corrected chi connectivity index (χ1v) is 33.1. The number of aryl methyl sites for hydroxylation is 2. The van der Waals surface area contributed by atoms with Crippen molar-refractivity contribution in [2.45, 2.75) is 208 Å². The number of nitrogens with one attached hydrogen (secondary N) is 1. The molecular formula is C68H117N17O5. The second-order valence-corrected chi connectivity index (χ2v) is 27.5. The SMILES string of the molecule is CC(C)N1CC2CCC(C1)N2c1ccccn1.CC(C)N1CC2CCC(C1)N2c1cccnc1.CC(C)N1CCN(C(=O)C(C)(C)O)[C@H](C)C1.CNC(=O)C(C)N1CCN(C)C[C@H]1C.Cc1cnn([C@@H](C)C(=O)N(C)C)c1.Cc1cnn([C@H](C)C(=O)N(C)C)c1. The number of aliphatic hydroxyl groups is 1. The average molecular weight is 1250 g/mol. The summed E-state index contributed by atoms with van der Waals surface area (Å²) in [6, 6.07) is 15.3. The molecular weight excluding hydrogens is 1130 g/mol. The summed E-state index contributed by atoms with van der Waals surface area (Å²) in [4.78, 5) is 77.5. The smallest absolute Gasteiger partial charge is 0.254 e. The maximum Gasteiger partial charge on any atom is 0.254 e. The molecule has 0 aliphatic carbocycles. The molecule has 0 aromatic carbocycles. The van der Waals surface area contributed by atoms with Gasteiger partial charge in [-0.3, -0.25) is 53.1 Å². The van der Waals surface area contributed by atoms with Gasteiger partial charge in [-0.05, 0) is 172 Å². The molecule has 4 aromatic rings. The molecule has 4 amide bonds. The number of pyridine rings is 2. The zero-order valence-corrected chi connectivity index (χ0v) is 59.0. The predicted octanol–water partition coefficient (Wildman–Crippen LogP) is 6.42. The Labute approximate surface area is 541 Å². The van der Waals surface area contributed by atoms with Crippen LogP contribution in [0.25, 0.3) is 0 Å². The second-order valence-electron chi connectivity index (χ2n) is 27.5. The van der Waals surface area contributed by atoms with Crippen molar-refractivity contribution in [1.29, 1.82) is 0 Å². The number of carbonyl (C=O) groups excluding carboxylic acids is 4. The van der Waals surface area contributed by atoms with Crippen molar-refractivity contribution in [1.82, 2.24) is 74.0 Å². The first kappa shape index (κ1) is 74.7. The second kappa shape index (κ2) is 34.6. The number of fused-ring (bicyclic) bond motifs is 4. The Hall–Kier alpha value is -6.04. The van der Waals surface area contributed by atoms with Crippen molar-refractivity contribution in [2.24, 2.45) is 0 Å². The van der Waals surface area contributed by atoms with E-state index >= 15 is 0 Å². The third-order valence-electron chi connectivity index (χ3n) is 18.4. The van der Waals surface area contributed by atoms with Gasteiger partial charge in [0, 0.05) is 180 Å². The molecule has 9 atom stereocenters. The summed E-state index contributed by atoms with van der Waals surface area (Å²) >= 11 is 0. The van der Waals surface area contributed by atoms with Gasteiger partial charge in [0.2, 0.25) is 17.7 Å². The molecule has 6 saturated heterocycles. The van der Waals surface area contributed by atoms with Crippen LogP contribution in [0.2, 0.25) is 0 Å². The van der Waals surface area contributed by atoms with Gasteiger partial charge in [-0.2, -0.15) is 10.2 Å². The van der Waals surface area contributed by atoms with Gasteiger partial charge in [0.15, 0.2) is 0 Å². The van der Waals surface area contributed by atoms with E-state index in [1.54, 1.807) is 85.5 Å². The lowest BCUT2D eigenvalue weighted by atomic mass is 10.0. The van der Waals surface area contributed by atoms with E-state index in [1.165, 1.54) is 63.4 Å². The fraction of sp³-hybridized carbons (Fsp3) is 0.706. The molecule has 0 radical (unpaired) electrons. The number of nitrogens with zero attached hydrogens (tertiary/aromatic N) is 16. The number of anilines is 2. The van der Waals surface area contributed by atoms with Crippen LogP contribution in [0.1, 0.15) is 139 Å². The quantitative estimate of drug-likeness (QED) is 0.158. The lowest BCUT2D eigenvalue weighted by Crippen LogP contribution is -2.59. The van der Waals surface area contributed by atoms with Crippen LogP contribution in [-0.2, 0) is 19.2 Å². The highest BCUT2D eigenvalue weighted by atomic mass is 16.3. The van der Waals surface area contributed by atoms with E-state index in [2.05, 4.69) is 133 Å². The Kier molecular flexibility index (Phi) is 28.7. The molecule has 10 heterocycles. The maximum absolute atomic E-state index is 12.0. The van der Waals surface area contributed by atoms with Crippen LogP contribution in [0.3, 0.4) is 0 Å². The highest BCUT2D eigenvalue weighted by Crippen LogP contribution is 2.36. The minimum absolute atomic E-state index is 0.0105. The third kappa shape index (κ3) is 21.0. The largest absolute Gasteiger partial charge is 0.381 e. The number of hydrogen-bond acceptors (Lipinski definition) is 16. The highest BCUT2D eigenvalue weighted by Gasteiger charge is 2.42. The first-order valence-electron chi connectivity index (χ1n) is 33.1. The van der Waals surface area contributed by atoms with Gasteiger partial charge < -0.3 is 39.8 Å². The van der Waals surface area contributed by atoms with Crippen LogP contribution >= 0.6 is 0 Å². The third-order valence-corrected chi connectivity index (χ3v) is 18.4. The van der Waals surface area contributed by atoms with E-state index in [4.69, 9.17) is 0 Å². The maximum atomic E-state index is 12.0. The lowest BCUT2D eigenvalue weighted by Gasteiger charge is -2.44. The van der Waals surface area contributed by atoms with Gasteiger partial charge in [-0.15, -0.1) is 0 Å². The minimum Gasteiger partial charge on any atom is -0.381 e. The molecule has 90 heavy (non-hydrogen) atoms. The molecule has 22 nitrogen and oxygen atoms in total. The summed E-state index contributed by atoms with van der Waals surface area (Å²) in [6.45, 7) is 40.8. The van der Waals surface area contributed by atoms with Gasteiger partial charge in [0.1, 0.15) is 23.5 Å². The number of rotatable bonds is 12. The van der Waals surface area contributed by atoms with Crippen molar-refractivity contribution in [3.05, 3.63) is 84.8 Å². The molecule has 6 aliphatic rings. The molecule has 0 saturated carbocycles. The molecule has 504 valence electrons. The Morgan fingerprint density at radius 2 is 1.08 bits per heavy atom. The van der Waals surface area contributed by atoms with E-state index < -0.39 is 5.60 Å². The van der Waals surface area contributed by atoms with Gasteiger partial charge in [0.25, 0.3) is 5.91 Å². The molecule has 2 N–H and O–H groups in total. The van der Waals surface area contributed by atoms with Gasteiger partial charge in [0.05, 0.1) is 30.3 Å². The first-order chi connectivity index (χ1) is 42.3. The van der Waals surface area contributed by atoms with E-state index in [1.807, 2.05) is 84.7 Å². The summed E-state index contributed by atoms with van der Waals surface area (Å²) in [6.07, 6.45) is 18.3. The molecule has 6 fully saturated rings. The molecule has 5 unspecified atom stereocenters. The van der Waals surface area contributed by atoms with Crippen molar-refractivity contribution >= 4 is 35.1 Å². The van der Waals surface area contributed by atoms with Crippen LogP contribution in [0.15, 0.2) is 73.7 Å². The molecule has 6 aliphatic heterocycles. The standard InChI is InChI=1S/2C14H21N3.C12H24N2O2.C10H21N3O.2C9H15N3O/c1-11(2)16-9-13-5-6-14(10-16)17(13)12-4-3-7-15-8-12;1-11(2)16-9-12-6-7-13(10-16)17(12)14-5-3-4-8-15-14;1-9(2)13-6-7-14(10(3)8-13)11(15)12(4,5)16;1-8-7-12(4)5-6-13(8)9(2)10(14)11-3;2*1-7-5-10-12(6-7)8(2)9(13)11(3)4/h3-4,7-8,11,13-14H,5-6,9-10H2,1-2H3;3-5,8,11-13H,6-7,9-10H2,1-2H3;9-10,16H,6-8H2,1-5H3;8-9H,5-7H2,1-4H3,(H,11,14);2*5-6,8H,1-4H3/t;;10-;8-,9?;2*8-/m..1110/s1. The monoisotopic (exact) mass is 1250 g/mol. The van der Waals surface area contributed by atoms with Crippen LogP contribution in [-0.4, -0.2) is 271 Å². The molecule has 10 rings (SSSR count). The number of carbonyl (C=O) groups is 4. The molecule has 4 bridgehead atoms. The Balaban J connectivity index is 0.000000197. The Morgan fingerprint density at radius 1 is 0.589 bits per heavy atom. The van der Waals surface area contributed by atoms with Crippen molar-refractivity contribution in [2.75, 3.05) is 118 Å². The van der Waals surface area contributed by atoms with Gasteiger partial charge >= 0.3 is 0 Å². The van der Waals surface area contributed by atoms with E-state index in [-0.39, 0.29) is 47.8 Å². The topological polar surface area (TPSA) is 194 Å². The number of hydrogen-bond donors (Lipinski definition) is 2. The number of amides is 4. The van der Waals surface area contributed by atoms with Crippen molar-refractivity contribution in [3.8, 4) is 0 Å². The van der Waals surface area contributed by atoms with Crippen molar-refractivity contribution < 1.29 is 24.3 Å². The lowest BCUT2D eigenvalue weighted by molar-refractivity contribution is -0.152. The van der Waals surface area contributed by atoms with E-state index in [9.17, 15) is 24.3 Å². The van der Waals surface area contributed by atoms with Gasteiger partial charge in [-0.1, -0.05) is 6.07 Å². The highest BCUT2D eigenvalue weighted by molar-refractivity contribution is 5.84. The van der Waals surface area contributed by atoms with Crippen LogP contribution in [0.4, 0.5) is 11.5 Å². The zero-order chi connectivity index (χ0) is 66.9. The Morgan fingerprint density at radius 3 is 1.44 bits per heavy atom. The summed E-state index contributed by atoms with van der Waals surface area (Å²) < 4.78 is 3.36. The normalized spacial score (nSPS) is 23.1. The molecule has 4 aromatic heterocycles. The molecule has 0 spiro atoms. The van der Waals surface area contributed by atoms with Crippen LogP contribution < -0.4 is 15.1 Å². The Bertz CT molecular complexity index is 2620. The van der Waals surface area contributed by atoms with Crippen LogP contribution in [0.5, 0.6) is 0 Å². The average Bonchev–Trinajstić information content (AvgIpc) is 1.69. The number of likely N-dealkylation sites (tertiary alicyclic amines) is 2. The minimum atomic E-state index is -1.26. The van der Waals surface area contributed by atoms with E-state index in [0.29, 0.717) is 54.9 Å². The number of aromatic nitrogens is 6. The van der Waals surface area contributed by atoms with E-state index in [0.717, 1.165) is 43.9 Å². The fourth-order valence-corrected chi connectivity index (χ4v) is 13.0. The molecule has 22 heteroatoms. The summed E-state index contributed by atoms with van der Waals surface area (Å²) in [5.41, 5.74) is 2.19. The van der Waals surface area contributed by atoms with Crippen molar-refractivity contribution in [3.63, 3.8) is 0 Å². The summed E-state index contributed by atoms with van der Waals surface area (Å²) in [7, 11) is 10.8. The van der Waals surface area contributed by atoms with Crippen LogP contribution in [0, 0.1) is 13.8 Å². The van der Waals surface area contributed by atoms with Gasteiger partial charge in [-0.25, -0.2) is 4.98 Å². The zero-order valence-electron chi connectivity index (χ0n) is 59.0.